The molecule has 17 heavy (non-hydrogen) atoms. The summed E-state index contributed by atoms with van der Waals surface area (Å²) in [5, 5.41) is 0. The van der Waals surface area contributed by atoms with Crippen molar-refractivity contribution in [2.75, 3.05) is 30.0 Å². The Morgan fingerprint density at radius 3 is 2.82 bits per heavy atom. The number of amides is 1. The first kappa shape index (κ1) is 12.0. The van der Waals surface area contributed by atoms with E-state index in [9.17, 15) is 9.00 Å². The largest absolute Gasteiger partial charge is 0.337 e. The normalized spacial score (nSPS) is 16.9. The van der Waals surface area contributed by atoms with Crippen molar-refractivity contribution in [1.29, 1.82) is 0 Å². The molecule has 1 aliphatic heterocycles. The number of rotatable bonds is 2. The van der Waals surface area contributed by atoms with E-state index < -0.39 is 10.8 Å². The number of pyridine rings is 1. The van der Waals surface area contributed by atoms with E-state index >= 15 is 0 Å². The van der Waals surface area contributed by atoms with Gasteiger partial charge in [-0.3, -0.25) is 9.00 Å². The van der Waals surface area contributed by atoms with E-state index in [1.54, 1.807) is 23.2 Å². The van der Waals surface area contributed by atoms with E-state index in [0.29, 0.717) is 36.0 Å². The van der Waals surface area contributed by atoms with Crippen LogP contribution in [0.3, 0.4) is 0 Å². The van der Waals surface area contributed by atoms with Crippen LogP contribution in [-0.2, 0) is 10.8 Å². The maximum Gasteiger partial charge on any atom is 0.257 e. The average molecular weight is 254 g/mol. The highest BCUT2D eigenvalue weighted by Gasteiger charge is 2.23. The second kappa shape index (κ2) is 5.24. The van der Waals surface area contributed by atoms with Crippen LogP contribution in [0, 0.1) is 0 Å². The van der Waals surface area contributed by atoms with Crippen LogP contribution < -0.4 is 11.3 Å². The summed E-state index contributed by atoms with van der Waals surface area (Å²) in [5.74, 6) is 6.63. The van der Waals surface area contributed by atoms with Crippen molar-refractivity contribution in [2.45, 2.75) is 0 Å². The maximum atomic E-state index is 12.2. The number of nitrogens with two attached hydrogens (primary N) is 1. The fourth-order valence-corrected chi connectivity index (χ4v) is 2.76. The highest BCUT2D eigenvalue weighted by molar-refractivity contribution is 7.85. The molecule has 1 saturated heterocycles. The lowest BCUT2D eigenvalue weighted by Crippen LogP contribution is -2.42. The highest BCUT2D eigenvalue weighted by atomic mass is 32.2. The van der Waals surface area contributed by atoms with Gasteiger partial charge in [-0.25, -0.2) is 10.8 Å². The van der Waals surface area contributed by atoms with Crippen molar-refractivity contribution < 1.29 is 9.00 Å². The van der Waals surface area contributed by atoms with Crippen molar-refractivity contribution in [3.8, 4) is 0 Å². The lowest BCUT2D eigenvalue weighted by molar-refractivity contribution is 0.0772. The second-order valence-electron chi connectivity index (χ2n) is 3.68. The zero-order chi connectivity index (χ0) is 12.3. The summed E-state index contributed by atoms with van der Waals surface area (Å²) in [7, 11) is -0.791. The van der Waals surface area contributed by atoms with Gasteiger partial charge in [0.2, 0.25) is 0 Å². The molecule has 1 aromatic heterocycles. The zero-order valence-electron chi connectivity index (χ0n) is 9.26. The molecule has 1 aromatic rings. The van der Waals surface area contributed by atoms with Crippen LogP contribution in [0.4, 0.5) is 5.82 Å². The van der Waals surface area contributed by atoms with Crippen LogP contribution in [0.15, 0.2) is 18.3 Å². The Kier molecular flexibility index (Phi) is 3.70. The van der Waals surface area contributed by atoms with Gasteiger partial charge in [0.1, 0.15) is 0 Å². The number of hydrogen-bond donors (Lipinski definition) is 2. The third-order valence-electron chi connectivity index (χ3n) is 2.64. The van der Waals surface area contributed by atoms with Crippen LogP contribution in [0.1, 0.15) is 10.4 Å². The minimum absolute atomic E-state index is 0.122. The highest BCUT2D eigenvalue weighted by Crippen LogP contribution is 2.14. The van der Waals surface area contributed by atoms with E-state index in [2.05, 4.69) is 10.4 Å². The fraction of sp³-hybridized carbons (Fsp3) is 0.400. The van der Waals surface area contributed by atoms with Crippen molar-refractivity contribution in [3.05, 3.63) is 23.9 Å². The SMILES string of the molecule is NNc1ncccc1C(=O)N1CCS(=O)CC1. The van der Waals surface area contributed by atoms with Gasteiger partial charge < -0.3 is 10.3 Å². The summed E-state index contributed by atoms with van der Waals surface area (Å²) in [5.41, 5.74) is 2.85. The Labute approximate surface area is 102 Å². The second-order valence-corrected chi connectivity index (χ2v) is 5.38. The maximum absolute atomic E-state index is 12.2. The topological polar surface area (TPSA) is 88.3 Å². The molecule has 7 heteroatoms. The standard InChI is InChI=1S/C10H14N4O2S/c11-13-9-8(2-1-3-12-9)10(15)14-4-6-17(16)7-5-14/h1-3H,4-7,11H2,(H,12,13). The molecule has 0 aromatic carbocycles. The first-order chi connectivity index (χ1) is 8.22. The number of nitrogens with one attached hydrogen (secondary N) is 1. The number of carbonyl (C=O) groups excluding carboxylic acids is 1. The Morgan fingerprint density at radius 2 is 2.18 bits per heavy atom. The Morgan fingerprint density at radius 1 is 1.47 bits per heavy atom. The minimum atomic E-state index is -0.791. The predicted octanol–water partition coefficient (Wildman–Crippen LogP) is -0.428. The molecule has 3 N–H and O–H groups in total. The van der Waals surface area contributed by atoms with E-state index in [1.165, 1.54) is 0 Å². The first-order valence-electron chi connectivity index (χ1n) is 5.28. The van der Waals surface area contributed by atoms with Crippen molar-refractivity contribution in [1.82, 2.24) is 9.88 Å². The molecule has 0 atom stereocenters. The lowest BCUT2D eigenvalue weighted by Gasteiger charge is -2.26. The van der Waals surface area contributed by atoms with Gasteiger partial charge >= 0.3 is 0 Å². The number of hydrazine groups is 1. The number of carbonyl (C=O) groups is 1. The van der Waals surface area contributed by atoms with Crippen LogP contribution in [0.2, 0.25) is 0 Å². The molecule has 0 radical (unpaired) electrons. The van der Waals surface area contributed by atoms with Crippen LogP contribution in [0.5, 0.6) is 0 Å². The molecule has 2 heterocycles. The van der Waals surface area contributed by atoms with Gasteiger partial charge in [0.25, 0.3) is 5.91 Å². The van der Waals surface area contributed by atoms with E-state index in [-0.39, 0.29) is 5.91 Å². The van der Waals surface area contributed by atoms with Gasteiger partial charge in [-0.2, -0.15) is 0 Å². The Balaban J connectivity index is 2.16. The molecule has 0 unspecified atom stereocenters. The number of aromatic nitrogens is 1. The summed E-state index contributed by atoms with van der Waals surface area (Å²) in [6, 6.07) is 3.37. The third kappa shape index (κ3) is 2.62. The number of hydrogen-bond acceptors (Lipinski definition) is 5. The van der Waals surface area contributed by atoms with Crippen LogP contribution in [0.25, 0.3) is 0 Å². The quantitative estimate of drug-likeness (QED) is 0.552. The summed E-state index contributed by atoms with van der Waals surface area (Å²) in [4.78, 5) is 17.8. The average Bonchev–Trinajstić information content (AvgIpc) is 2.39. The fourth-order valence-electron chi connectivity index (χ4n) is 1.70. The van der Waals surface area contributed by atoms with Gasteiger partial charge in [0.05, 0.1) is 5.56 Å². The van der Waals surface area contributed by atoms with Crippen molar-refractivity contribution >= 4 is 22.5 Å². The van der Waals surface area contributed by atoms with E-state index in [0.717, 1.165) is 0 Å². The monoisotopic (exact) mass is 254 g/mol. The summed E-state index contributed by atoms with van der Waals surface area (Å²) in [6.07, 6.45) is 1.57. The lowest BCUT2D eigenvalue weighted by atomic mass is 10.2. The smallest absolute Gasteiger partial charge is 0.257 e. The van der Waals surface area contributed by atoms with Crippen molar-refractivity contribution in [3.63, 3.8) is 0 Å². The number of nitrogen functional groups attached to an aromatic ring is 1. The minimum Gasteiger partial charge on any atom is -0.337 e. The first-order valence-corrected chi connectivity index (χ1v) is 6.77. The zero-order valence-corrected chi connectivity index (χ0v) is 10.1. The van der Waals surface area contributed by atoms with Gasteiger partial charge in [-0.05, 0) is 12.1 Å². The summed E-state index contributed by atoms with van der Waals surface area (Å²) < 4.78 is 11.2. The summed E-state index contributed by atoms with van der Waals surface area (Å²) >= 11 is 0. The van der Waals surface area contributed by atoms with Gasteiger partial charge in [-0.15, -0.1) is 0 Å². The molecule has 92 valence electrons. The number of anilines is 1. The molecular weight excluding hydrogens is 240 g/mol. The van der Waals surface area contributed by atoms with Gasteiger partial charge in [0, 0.05) is 41.6 Å². The number of nitrogens with zero attached hydrogens (tertiary/aromatic N) is 2. The van der Waals surface area contributed by atoms with E-state index in [1.807, 2.05) is 0 Å². The molecule has 0 spiro atoms. The molecule has 1 aliphatic rings. The van der Waals surface area contributed by atoms with Crippen molar-refractivity contribution in [2.24, 2.45) is 5.84 Å². The third-order valence-corrected chi connectivity index (χ3v) is 3.92. The van der Waals surface area contributed by atoms with Crippen LogP contribution in [-0.4, -0.2) is 44.6 Å². The van der Waals surface area contributed by atoms with Gasteiger partial charge in [0.15, 0.2) is 5.82 Å². The molecular formula is C10H14N4O2S. The van der Waals surface area contributed by atoms with Gasteiger partial charge in [-0.1, -0.05) is 0 Å². The molecule has 6 nitrogen and oxygen atoms in total. The Hall–Kier alpha value is -1.47. The molecule has 0 bridgehead atoms. The summed E-state index contributed by atoms with van der Waals surface area (Å²) in [6.45, 7) is 1.04. The molecule has 1 amide bonds. The molecule has 0 saturated carbocycles. The molecule has 0 aliphatic carbocycles. The van der Waals surface area contributed by atoms with E-state index in [4.69, 9.17) is 5.84 Å². The molecule has 1 fully saturated rings. The Bertz CT molecular complexity index is 442. The molecule has 2 rings (SSSR count). The predicted molar refractivity (Wildman–Crippen MR) is 65.8 cm³/mol. The van der Waals surface area contributed by atoms with Crippen LogP contribution >= 0.6 is 0 Å².